The molecule has 1 atom stereocenters. The third kappa shape index (κ3) is 2.91. The van der Waals surface area contributed by atoms with Crippen LogP contribution in [0.4, 0.5) is 0 Å². The molecule has 0 bridgehead atoms. The first-order valence-electron chi connectivity index (χ1n) is 5.53. The summed E-state index contributed by atoms with van der Waals surface area (Å²) in [6, 6.07) is 14.9. The maximum Gasteiger partial charge on any atom is 0.0296 e. The van der Waals surface area contributed by atoms with Crippen LogP contribution in [0, 0.1) is 0 Å². The number of nitrogens with zero attached hydrogens (tertiary/aromatic N) is 1. The standard InChI is InChI=1S/C14H16N2/c1-12(14-7-9-15-10-8-14)16-11-13-5-3-2-4-6-13/h2-10,12,16H,11H2,1H3/t12-/m0/s1. The number of aromatic nitrogens is 1. The summed E-state index contributed by atoms with van der Waals surface area (Å²) >= 11 is 0. The van der Waals surface area contributed by atoms with Crippen LogP contribution in [0.1, 0.15) is 24.1 Å². The molecular formula is C14H16N2. The zero-order valence-electron chi connectivity index (χ0n) is 9.43. The molecule has 0 aliphatic heterocycles. The number of rotatable bonds is 4. The van der Waals surface area contributed by atoms with Crippen molar-refractivity contribution in [1.82, 2.24) is 10.3 Å². The smallest absolute Gasteiger partial charge is 0.0296 e. The van der Waals surface area contributed by atoms with Crippen LogP contribution in [0.15, 0.2) is 54.9 Å². The highest BCUT2D eigenvalue weighted by Gasteiger charge is 2.03. The molecule has 1 aromatic carbocycles. The first-order valence-corrected chi connectivity index (χ1v) is 5.53. The third-order valence-electron chi connectivity index (χ3n) is 2.66. The molecule has 2 nitrogen and oxygen atoms in total. The number of hydrogen-bond acceptors (Lipinski definition) is 2. The minimum atomic E-state index is 0.350. The van der Waals surface area contributed by atoms with E-state index in [1.165, 1.54) is 11.1 Å². The number of pyridine rings is 1. The van der Waals surface area contributed by atoms with Gasteiger partial charge in [-0.3, -0.25) is 4.98 Å². The molecule has 2 rings (SSSR count). The van der Waals surface area contributed by atoms with Crippen LogP contribution >= 0.6 is 0 Å². The molecule has 1 aromatic heterocycles. The van der Waals surface area contributed by atoms with E-state index in [0.29, 0.717) is 6.04 Å². The number of benzene rings is 1. The fourth-order valence-corrected chi connectivity index (χ4v) is 1.64. The lowest BCUT2D eigenvalue weighted by Crippen LogP contribution is -2.17. The van der Waals surface area contributed by atoms with E-state index in [2.05, 4.69) is 41.5 Å². The van der Waals surface area contributed by atoms with Gasteiger partial charge in [-0.25, -0.2) is 0 Å². The summed E-state index contributed by atoms with van der Waals surface area (Å²) in [5, 5.41) is 3.49. The monoisotopic (exact) mass is 212 g/mol. The molecule has 0 saturated heterocycles. The zero-order chi connectivity index (χ0) is 11.2. The average Bonchev–Trinajstić information content (AvgIpc) is 2.38. The van der Waals surface area contributed by atoms with Crippen molar-refractivity contribution in [3.8, 4) is 0 Å². The minimum absolute atomic E-state index is 0.350. The molecular weight excluding hydrogens is 196 g/mol. The molecule has 1 heterocycles. The normalized spacial score (nSPS) is 12.3. The van der Waals surface area contributed by atoms with E-state index in [0.717, 1.165) is 6.54 Å². The minimum Gasteiger partial charge on any atom is -0.306 e. The quantitative estimate of drug-likeness (QED) is 0.842. The Morgan fingerprint density at radius 1 is 1.06 bits per heavy atom. The SMILES string of the molecule is C[C@H](NCc1ccccc1)c1ccncc1. The Balaban J connectivity index is 1.92. The Hall–Kier alpha value is -1.67. The van der Waals surface area contributed by atoms with E-state index in [1.807, 2.05) is 30.6 Å². The maximum absolute atomic E-state index is 4.02. The van der Waals surface area contributed by atoms with Gasteiger partial charge in [0.05, 0.1) is 0 Å². The molecule has 0 aliphatic carbocycles. The van der Waals surface area contributed by atoms with Gasteiger partial charge in [0, 0.05) is 25.0 Å². The van der Waals surface area contributed by atoms with Crippen molar-refractivity contribution in [3.05, 3.63) is 66.0 Å². The molecule has 0 radical (unpaired) electrons. The Labute approximate surface area is 96.4 Å². The summed E-state index contributed by atoms with van der Waals surface area (Å²) in [6.07, 6.45) is 3.66. The molecule has 0 amide bonds. The van der Waals surface area contributed by atoms with Gasteiger partial charge < -0.3 is 5.32 Å². The van der Waals surface area contributed by atoms with Gasteiger partial charge in [0.25, 0.3) is 0 Å². The molecule has 0 saturated carbocycles. The predicted octanol–water partition coefficient (Wildman–Crippen LogP) is 2.93. The lowest BCUT2D eigenvalue weighted by Gasteiger charge is -2.13. The van der Waals surface area contributed by atoms with Gasteiger partial charge in [-0.2, -0.15) is 0 Å². The van der Waals surface area contributed by atoms with Crippen molar-refractivity contribution in [1.29, 1.82) is 0 Å². The van der Waals surface area contributed by atoms with E-state index in [4.69, 9.17) is 0 Å². The van der Waals surface area contributed by atoms with Crippen LogP contribution in [0.25, 0.3) is 0 Å². The van der Waals surface area contributed by atoms with Gasteiger partial charge in [0.2, 0.25) is 0 Å². The lowest BCUT2D eigenvalue weighted by molar-refractivity contribution is 0.574. The van der Waals surface area contributed by atoms with Crippen LogP contribution in [0.2, 0.25) is 0 Å². The van der Waals surface area contributed by atoms with E-state index in [9.17, 15) is 0 Å². The summed E-state index contributed by atoms with van der Waals surface area (Å²) in [7, 11) is 0. The summed E-state index contributed by atoms with van der Waals surface area (Å²) in [4.78, 5) is 4.02. The highest BCUT2D eigenvalue weighted by molar-refractivity contribution is 5.17. The largest absolute Gasteiger partial charge is 0.306 e. The topological polar surface area (TPSA) is 24.9 Å². The molecule has 0 unspecified atom stereocenters. The summed E-state index contributed by atoms with van der Waals surface area (Å²) in [6.45, 7) is 3.06. The Morgan fingerprint density at radius 2 is 1.75 bits per heavy atom. The average molecular weight is 212 g/mol. The van der Waals surface area contributed by atoms with Crippen LogP contribution in [0.3, 0.4) is 0 Å². The molecule has 16 heavy (non-hydrogen) atoms. The van der Waals surface area contributed by atoms with E-state index < -0.39 is 0 Å². The van der Waals surface area contributed by atoms with Crippen molar-refractivity contribution >= 4 is 0 Å². The van der Waals surface area contributed by atoms with Gasteiger partial charge in [-0.15, -0.1) is 0 Å². The fourth-order valence-electron chi connectivity index (χ4n) is 1.64. The Bertz CT molecular complexity index is 411. The molecule has 82 valence electrons. The number of hydrogen-bond donors (Lipinski definition) is 1. The maximum atomic E-state index is 4.02. The van der Waals surface area contributed by atoms with Gasteiger partial charge >= 0.3 is 0 Å². The first-order chi connectivity index (χ1) is 7.86. The second-order valence-electron chi connectivity index (χ2n) is 3.87. The summed E-state index contributed by atoms with van der Waals surface area (Å²) < 4.78 is 0. The molecule has 0 fully saturated rings. The summed E-state index contributed by atoms with van der Waals surface area (Å²) in [5.74, 6) is 0. The van der Waals surface area contributed by atoms with Crippen LogP contribution < -0.4 is 5.32 Å². The zero-order valence-corrected chi connectivity index (χ0v) is 9.43. The van der Waals surface area contributed by atoms with Crippen LogP contribution in [-0.4, -0.2) is 4.98 Å². The second kappa shape index (κ2) is 5.42. The van der Waals surface area contributed by atoms with Gasteiger partial charge in [-0.1, -0.05) is 30.3 Å². The fraction of sp³-hybridized carbons (Fsp3) is 0.214. The van der Waals surface area contributed by atoms with E-state index in [1.54, 1.807) is 0 Å². The highest BCUT2D eigenvalue weighted by Crippen LogP contribution is 2.11. The molecule has 2 aromatic rings. The Kier molecular flexibility index (Phi) is 3.67. The van der Waals surface area contributed by atoms with Crippen molar-refractivity contribution in [3.63, 3.8) is 0 Å². The van der Waals surface area contributed by atoms with Crippen molar-refractivity contribution < 1.29 is 0 Å². The number of nitrogens with one attached hydrogen (secondary N) is 1. The van der Waals surface area contributed by atoms with Gasteiger partial charge in [0.1, 0.15) is 0 Å². The third-order valence-corrected chi connectivity index (χ3v) is 2.66. The highest BCUT2D eigenvalue weighted by atomic mass is 14.9. The predicted molar refractivity (Wildman–Crippen MR) is 65.9 cm³/mol. The van der Waals surface area contributed by atoms with Crippen LogP contribution in [0.5, 0.6) is 0 Å². The van der Waals surface area contributed by atoms with Gasteiger partial charge in [0.15, 0.2) is 0 Å². The molecule has 1 N–H and O–H groups in total. The van der Waals surface area contributed by atoms with E-state index >= 15 is 0 Å². The van der Waals surface area contributed by atoms with Gasteiger partial charge in [-0.05, 0) is 30.2 Å². The molecule has 0 spiro atoms. The lowest BCUT2D eigenvalue weighted by atomic mass is 10.1. The van der Waals surface area contributed by atoms with Crippen LogP contribution in [-0.2, 0) is 6.54 Å². The Morgan fingerprint density at radius 3 is 2.44 bits per heavy atom. The second-order valence-corrected chi connectivity index (χ2v) is 3.87. The summed E-state index contributed by atoms with van der Waals surface area (Å²) in [5.41, 5.74) is 2.58. The first kappa shape index (κ1) is 10.8. The van der Waals surface area contributed by atoms with Crippen molar-refractivity contribution in [2.24, 2.45) is 0 Å². The van der Waals surface area contributed by atoms with E-state index in [-0.39, 0.29) is 0 Å². The van der Waals surface area contributed by atoms with Crippen molar-refractivity contribution in [2.75, 3.05) is 0 Å². The molecule has 2 heteroatoms. The molecule has 0 aliphatic rings. The van der Waals surface area contributed by atoms with Crippen molar-refractivity contribution in [2.45, 2.75) is 19.5 Å².